The van der Waals surface area contributed by atoms with Crippen molar-refractivity contribution in [2.45, 2.75) is 70.8 Å². The van der Waals surface area contributed by atoms with Gasteiger partial charge >= 0.3 is 0 Å². The minimum atomic E-state index is 0.654. The predicted octanol–water partition coefficient (Wildman–Crippen LogP) is 4.41. The molecule has 0 N–H and O–H groups in total. The summed E-state index contributed by atoms with van der Waals surface area (Å²) in [6, 6.07) is 0. The maximum Gasteiger partial charge on any atom is 0.0608 e. The van der Waals surface area contributed by atoms with Crippen LogP contribution in [0.1, 0.15) is 64.7 Å². The van der Waals surface area contributed by atoms with Crippen LogP contribution in [0.4, 0.5) is 0 Å². The van der Waals surface area contributed by atoms with Crippen LogP contribution in [0.15, 0.2) is 0 Å². The van der Waals surface area contributed by atoms with Gasteiger partial charge in [-0.25, -0.2) is 0 Å². The summed E-state index contributed by atoms with van der Waals surface area (Å²) in [6.45, 7) is 3.31. The van der Waals surface area contributed by atoms with Crippen molar-refractivity contribution in [2.24, 2.45) is 23.7 Å². The van der Waals surface area contributed by atoms with Gasteiger partial charge in [0.15, 0.2) is 0 Å². The lowest BCUT2D eigenvalue weighted by Gasteiger charge is -2.31. The van der Waals surface area contributed by atoms with Crippen LogP contribution in [0.25, 0.3) is 0 Å². The second-order valence-electron chi connectivity index (χ2n) is 6.62. The maximum atomic E-state index is 6.19. The van der Waals surface area contributed by atoms with E-state index in [2.05, 4.69) is 6.92 Å². The molecule has 3 aliphatic rings. The van der Waals surface area contributed by atoms with Gasteiger partial charge in [0.2, 0.25) is 0 Å². The van der Waals surface area contributed by atoms with Gasteiger partial charge in [0.25, 0.3) is 0 Å². The van der Waals surface area contributed by atoms with Gasteiger partial charge in [-0.2, -0.15) is 0 Å². The van der Waals surface area contributed by atoms with Crippen LogP contribution in [0.5, 0.6) is 0 Å². The zero-order valence-corrected chi connectivity index (χ0v) is 11.4. The van der Waals surface area contributed by atoms with Crippen LogP contribution >= 0.6 is 0 Å². The van der Waals surface area contributed by atoms with Crippen molar-refractivity contribution in [3.05, 3.63) is 0 Å². The molecule has 0 aromatic rings. The summed E-state index contributed by atoms with van der Waals surface area (Å²) in [5.74, 6) is 4.18. The van der Waals surface area contributed by atoms with E-state index in [9.17, 15) is 0 Å². The number of hydrogen-bond donors (Lipinski definition) is 0. The lowest BCUT2D eigenvalue weighted by molar-refractivity contribution is -0.0117. The molecule has 3 fully saturated rings. The largest absolute Gasteiger partial charge is 0.378 e. The summed E-state index contributed by atoms with van der Waals surface area (Å²) in [5, 5.41) is 0. The molecule has 3 aliphatic carbocycles. The molecule has 0 aliphatic heterocycles. The quantitative estimate of drug-likeness (QED) is 0.621. The second kappa shape index (κ2) is 5.30. The van der Waals surface area contributed by atoms with Crippen molar-refractivity contribution in [1.29, 1.82) is 0 Å². The average Bonchev–Trinajstić information content (AvgIpc) is 3.00. The third-order valence-electron chi connectivity index (χ3n) is 5.70. The van der Waals surface area contributed by atoms with Gasteiger partial charge in [-0.1, -0.05) is 32.6 Å². The Bertz CT molecular complexity index is 250. The molecule has 0 aromatic carbocycles. The Morgan fingerprint density at radius 2 is 1.82 bits per heavy atom. The molecule has 17 heavy (non-hydrogen) atoms. The topological polar surface area (TPSA) is 9.23 Å². The molecule has 0 saturated heterocycles. The van der Waals surface area contributed by atoms with Crippen molar-refractivity contribution in [1.82, 2.24) is 0 Å². The first-order valence-corrected chi connectivity index (χ1v) is 8.01. The molecule has 5 atom stereocenters. The van der Waals surface area contributed by atoms with E-state index >= 15 is 0 Å². The zero-order valence-electron chi connectivity index (χ0n) is 11.4. The zero-order chi connectivity index (χ0) is 11.7. The molecule has 0 amide bonds. The molecule has 0 aromatic heterocycles. The number of fused-ring (bicyclic) bond motifs is 5. The van der Waals surface area contributed by atoms with E-state index in [-0.39, 0.29) is 0 Å². The van der Waals surface area contributed by atoms with Gasteiger partial charge in [0.05, 0.1) is 6.10 Å². The van der Waals surface area contributed by atoms with Crippen molar-refractivity contribution in [3.63, 3.8) is 0 Å². The van der Waals surface area contributed by atoms with Crippen LogP contribution in [0.2, 0.25) is 0 Å². The SMILES string of the molecule is CCCCCCOC1CC2CC1C1CCCC21. The van der Waals surface area contributed by atoms with E-state index < -0.39 is 0 Å². The van der Waals surface area contributed by atoms with E-state index in [0.717, 1.165) is 30.3 Å². The van der Waals surface area contributed by atoms with E-state index in [1.807, 2.05) is 0 Å². The summed E-state index contributed by atoms with van der Waals surface area (Å²) in [5.41, 5.74) is 0. The summed E-state index contributed by atoms with van der Waals surface area (Å²) in [7, 11) is 0. The Labute approximate surface area is 106 Å². The van der Waals surface area contributed by atoms with Crippen LogP contribution in [0, 0.1) is 23.7 Å². The molecule has 0 spiro atoms. The first-order chi connectivity index (χ1) is 8.40. The van der Waals surface area contributed by atoms with Gasteiger partial charge in [0.1, 0.15) is 0 Å². The van der Waals surface area contributed by atoms with Crippen LogP contribution < -0.4 is 0 Å². The number of unbranched alkanes of at least 4 members (excludes halogenated alkanes) is 3. The van der Waals surface area contributed by atoms with Gasteiger partial charge in [-0.05, 0) is 55.8 Å². The van der Waals surface area contributed by atoms with Gasteiger partial charge in [-0.15, -0.1) is 0 Å². The van der Waals surface area contributed by atoms with E-state index in [1.165, 1.54) is 57.8 Å². The Morgan fingerprint density at radius 1 is 0.941 bits per heavy atom. The van der Waals surface area contributed by atoms with Crippen molar-refractivity contribution >= 4 is 0 Å². The van der Waals surface area contributed by atoms with E-state index in [0.29, 0.717) is 6.10 Å². The number of rotatable bonds is 6. The van der Waals surface area contributed by atoms with E-state index in [1.54, 1.807) is 0 Å². The second-order valence-corrected chi connectivity index (χ2v) is 6.62. The van der Waals surface area contributed by atoms with Crippen molar-refractivity contribution in [2.75, 3.05) is 6.61 Å². The highest BCUT2D eigenvalue weighted by molar-refractivity contribution is 5.03. The van der Waals surface area contributed by atoms with Gasteiger partial charge < -0.3 is 4.74 Å². The third-order valence-corrected chi connectivity index (χ3v) is 5.70. The lowest BCUT2D eigenvalue weighted by Crippen LogP contribution is -2.30. The molecule has 1 heteroatoms. The molecule has 2 bridgehead atoms. The molecule has 3 rings (SSSR count). The molecular formula is C16H28O. The summed E-state index contributed by atoms with van der Waals surface area (Å²) < 4.78 is 6.19. The fourth-order valence-corrected chi connectivity index (χ4v) is 4.96. The molecule has 0 heterocycles. The lowest BCUT2D eigenvalue weighted by atomic mass is 9.80. The van der Waals surface area contributed by atoms with Crippen LogP contribution in [0.3, 0.4) is 0 Å². The smallest absolute Gasteiger partial charge is 0.0608 e. The van der Waals surface area contributed by atoms with Gasteiger partial charge in [-0.3, -0.25) is 0 Å². The highest BCUT2D eigenvalue weighted by atomic mass is 16.5. The van der Waals surface area contributed by atoms with Crippen LogP contribution in [-0.2, 0) is 4.74 Å². The Kier molecular flexibility index (Phi) is 3.75. The molecular weight excluding hydrogens is 208 g/mol. The average molecular weight is 236 g/mol. The third kappa shape index (κ3) is 2.28. The highest BCUT2D eigenvalue weighted by Crippen LogP contribution is 2.59. The maximum absolute atomic E-state index is 6.19. The van der Waals surface area contributed by atoms with Gasteiger partial charge in [0, 0.05) is 6.61 Å². The van der Waals surface area contributed by atoms with Crippen molar-refractivity contribution < 1.29 is 4.74 Å². The summed E-state index contributed by atoms with van der Waals surface area (Å²) in [4.78, 5) is 0. The Hall–Kier alpha value is -0.0400. The first-order valence-electron chi connectivity index (χ1n) is 8.01. The van der Waals surface area contributed by atoms with E-state index in [4.69, 9.17) is 4.74 Å². The number of hydrogen-bond acceptors (Lipinski definition) is 1. The first kappa shape index (κ1) is 12.0. The standard InChI is InChI=1S/C16H28O/c1-2-3-4-5-9-17-16-11-12-10-15(16)14-8-6-7-13(12)14/h12-16H,2-11H2,1H3. The molecule has 0 radical (unpaired) electrons. The summed E-state index contributed by atoms with van der Waals surface area (Å²) >= 11 is 0. The molecule has 5 unspecified atom stereocenters. The normalized spacial score (nSPS) is 43.2. The Balaban J connectivity index is 1.41. The molecule has 98 valence electrons. The monoisotopic (exact) mass is 236 g/mol. The molecule has 1 nitrogen and oxygen atoms in total. The minimum Gasteiger partial charge on any atom is -0.378 e. The van der Waals surface area contributed by atoms with Crippen molar-refractivity contribution in [3.8, 4) is 0 Å². The predicted molar refractivity (Wildman–Crippen MR) is 70.9 cm³/mol. The Morgan fingerprint density at radius 3 is 2.71 bits per heavy atom. The summed E-state index contributed by atoms with van der Waals surface area (Å²) in [6.07, 6.45) is 13.5. The fourth-order valence-electron chi connectivity index (χ4n) is 4.96. The van der Waals surface area contributed by atoms with Crippen LogP contribution in [-0.4, -0.2) is 12.7 Å². The minimum absolute atomic E-state index is 0.654. The fraction of sp³-hybridized carbons (Fsp3) is 1.00. The highest BCUT2D eigenvalue weighted by Gasteiger charge is 2.54. The molecule has 3 saturated carbocycles. The number of ether oxygens (including phenoxy) is 1.